The third-order valence-electron chi connectivity index (χ3n) is 0.594. The molecule has 0 aliphatic rings. The van der Waals surface area contributed by atoms with E-state index in [4.69, 9.17) is 3.69 Å². The monoisotopic (exact) mass is 182 g/mol. The Balaban J connectivity index is 3.65. The summed E-state index contributed by atoms with van der Waals surface area (Å²) < 4.78 is 21.8. The van der Waals surface area contributed by atoms with Gasteiger partial charge in [0, 0.05) is 0 Å². The Bertz CT molecular complexity index is 156. The van der Waals surface area contributed by atoms with E-state index in [1.165, 1.54) is 6.92 Å². The summed E-state index contributed by atoms with van der Waals surface area (Å²) in [7, 11) is 0. The number of rotatable bonds is 3. The number of Topliss-reactive ketones (excluding diaryl/α,β-unsaturated/α-hetero) is 1. The van der Waals surface area contributed by atoms with Crippen molar-refractivity contribution < 1.29 is 38.5 Å². The molecule has 0 rings (SSSR count). The van der Waals surface area contributed by atoms with Crippen molar-refractivity contribution in [3.63, 3.8) is 0 Å². The molecule has 0 aromatic rings. The van der Waals surface area contributed by atoms with Crippen molar-refractivity contribution in [2.75, 3.05) is 0 Å². The topological polar surface area (TPSA) is 80.7 Å². The first-order valence-corrected chi connectivity index (χ1v) is 4.42. The van der Waals surface area contributed by atoms with Gasteiger partial charge in [-0.05, 0) is 0 Å². The summed E-state index contributed by atoms with van der Waals surface area (Å²) >= 11 is -3.77. The normalized spacial score (nSPS) is 8.60. The Morgan fingerprint density at radius 1 is 1.60 bits per heavy atom. The SMILES string of the molecule is CC(=O)CC(=O)[O][Ti](=[O])[OH]. The molecule has 0 unspecified atom stereocenters. The van der Waals surface area contributed by atoms with E-state index < -0.39 is 31.0 Å². The van der Waals surface area contributed by atoms with Crippen molar-refractivity contribution in [1.29, 1.82) is 0 Å². The van der Waals surface area contributed by atoms with Crippen LogP contribution in [0.3, 0.4) is 0 Å². The quantitative estimate of drug-likeness (QED) is 0.460. The van der Waals surface area contributed by atoms with Crippen molar-refractivity contribution in [2.24, 2.45) is 0 Å². The second kappa shape index (κ2) is 4.43. The zero-order chi connectivity index (χ0) is 8.15. The van der Waals surface area contributed by atoms with Gasteiger partial charge in [-0.3, -0.25) is 0 Å². The predicted octanol–water partition coefficient (Wildman–Crippen LogP) is -0.705. The summed E-state index contributed by atoms with van der Waals surface area (Å²) in [6, 6.07) is 0. The van der Waals surface area contributed by atoms with Gasteiger partial charge in [-0.25, -0.2) is 0 Å². The molecule has 1 N–H and O–H groups in total. The molecule has 6 heteroatoms. The number of carbonyl (C=O) groups excluding carboxylic acids is 2. The van der Waals surface area contributed by atoms with Gasteiger partial charge in [-0.15, -0.1) is 0 Å². The van der Waals surface area contributed by atoms with E-state index in [1.807, 2.05) is 0 Å². The Morgan fingerprint density at radius 3 is 2.40 bits per heavy atom. The van der Waals surface area contributed by atoms with Crippen molar-refractivity contribution in [3.05, 3.63) is 0 Å². The van der Waals surface area contributed by atoms with Gasteiger partial charge in [-0.2, -0.15) is 0 Å². The van der Waals surface area contributed by atoms with Gasteiger partial charge in [0.2, 0.25) is 0 Å². The van der Waals surface area contributed by atoms with E-state index in [1.54, 1.807) is 0 Å². The summed E-state index contributed by atoms with van der Waals surface area (Å²) in [6.45, 7) is 1.20. The van der Waals surface area contributed by atoms with Gasteiger partial charge >= 0.3 is 63.6 Å². The molecule has 0 aromatic heterocycles. The zero-order valence-corrected chi connectivity index (χ0v) is 6.85. The minimum absolute atomic E-state index is 0.385. The van der Waals surface area contributed by atoms with Crippen LogP contribution < -0.4 is 0 Å². The average Bonchev–Trinajstić information content (AvgIpc) is 1.58. The minimum atomic E-state index is -3.77. The maximum absolute atomic E-state index is 10.3. The Hall–Kier alpha value is -0.386. The third-order valence-corrected chi connectivity index (χ3v) is 1.22. The molecule has 0 bridgehead atoms. The summed E-state index contributed by atoms with van der Waals surface area (Å²) in [4.78, 5) is 20.5. The van der Waals surface area contributed by atoms with E-state index >= 15 is 0 Å². The van der Waals surface area contributed by atoms with Gasteiger partial charge in [0.15, 0.2) is 0 Å². The van der Waals surface area contributed by atoms with E-state index in [-0.39, 0.29) is 5.78 Å². The molecular weight excluding hydrogens is 176 g/mol. The first-order chi connectivity index (χ1) is 4.52. The molecule has 0 radical (unpaired) electrons. The van der Waals surface area contributed by atoms with Crippen LogP contribution in [0.25, 0.3) is 0 Å². The van der Waals surface area contributed by atoms with Crippen LogP contribution in [0.4, 0.5) is 0 Å². The molecule has 0 atom stereocenters. The molecule has 0 aliphatic heterocycles. The zero-order valence-electron chi connectivity index (χ0n) is 5.29. The van der Waals surface area contributed by atoms with Crippen LogP contribution in [0.1, 0.15) is 13.3 Å². The fraction of sp³-hybridized carbons (Fsp3) is 0.500. The Morgan fingerprint density at radius 2 is 2.10 bits per heavy atom. The van der Waals surface area contributed by atoms with Crippen molar-refractivity contribution in [3.8, 4) is 0 Å². The Kier molecular flexibility index (Phi) is 4.26. The van der Waals surface area contributed by atoms with Crippen molar-refractivity contribution >= 4 is 11.8 Å². The molecule has 56 valence electrons. The number of hydrogen-bond acceptors (Lipinski definition) is 4. The summed E-state index contributed by atoms with van der Waals surface area (Å²) in [5.41, 5.74) is 0. The van der Waals surface area contributed by atoms with Crippen molar-refractivity contribution in [2.45, 2.75) is 13.3 Å². The number of carbonyl (C=O) groups is 2. The number of ketones is 1. The summed E-state index contributed by atoms with van der Waals surface area (Å²) in [5.74, 6) is -1.32. The second-order valence-electron chi connectivity index (χ2n) is 1.62. The first-order valence-electron chi connectivity index (χ1n) is 2.45. The predicted molar refractivity (Wildman–Crippen MR) is 24.3 cm³/mol. The molecule has 0 aliphatic carbocycles. The molecule has 0 spiro atoms. The average molecular weight is 182 g/mol. The van der Waals surface area contributed by atoms with Gasteiger partial charge in [0.1, 0.15) is 0 Å². The van der Waals surface area contributed by atoms with E-state index in [0.29, 0.717) is 0 Å². The van der Waals surface area contributed by atoms with Crippen molar-refractivity contribution in [1.82, 2.24) is 0 Å². The van der Waals surface area contributed by atoms with E-state index in [9.17, 15) is 12.9 Å². The maximum atomic E-state index is 10.3. The first kappa shape index (κ1) is 9.61. The van der Waals surface area contributed by atoms with Crippen LogP contribution in [0.2, 0.25) is 0 Å². The molecule has 0 saturated heterocycles. The van der Waals surface area contributed by atoms with Gasteiger partial charge in [-0.1, -0.05) is 0 Å². The molecule has 0 amide bonds. The van der Waals surface area contributed by atoms with Gasteiger partial charge in [0.25, 0.3) is 0 Å². The molecule has 0 fully saturated rings. The molecule has 0 saturated carbocycles. The van der Waals surface area contributed by atoms with E-state index in [2.05, 4.69) is 3.32 Å². The fourth-order valence-electron chi connectivity index (χ4n) is 0.337. The van der Waals surface area contributed by atoms with Crippen LogP contribution in [-0.4, -0.2) is 15.4 Å². The van der Waals surface area contributed by atoms with E-state index in [0.717, 1.165) is 0 Å². The molecule has 0 aromatic carbocycles. The molecular formula is C4H6O5Ti. The summed E-state index contributed by atoms with van der Waals surface area (Å²) in [5, 5.41) is 0. The third kappa shape index (κ3) is 5.75. The number of hydrogen-bond donors (Lipinski definition) is 1. The van der Waals surface area contributed by atoms with Gasteiger partial charge < -0.3 is 0 Å². The van der Waals surface area contributed by atoms with Crippen LogP contribution in [0.5, 0.6) is 0 Å². The Labute approximate surface area is 64.1 Å². The molecule has 10 heavy (non-hydrogen) atoms. The summed E-state index contributed by atoms with van der Waals surface area (Å²) in [6.07, 6.45) is -0.431. The van der Waals surface area contributed by atoms with Crippen LogP contribution in [0.15, 0.2) is 0 Å². The molecule has 5 nitrogen and oxygen atoms in total. The van der Waals surface area contributed by atoms with Crippen LogP contribution in [0, 0.1) is 0 Å². The van der Waals surface area contributed by atoms with Crippen LogP contribution in [-0.2, 0) is 34.8 Å². The fourth-order valence-corrected chi connectivity index (χ4v) is 0.754. The molecule has 0 heterocycles. The van der Waals surface area contributed by atoms with Gasteiger partial charge in [0.05, 0.1) is 0 Å². The second-order valence-corrected chi connectivity index (χ2v) is 2.77. The standard InChI is InChI=1S/C4H6O3.H2O.O.Ti/c1-3(5)2-4(6)7;;;/h2H2,1H3,(H,6,7);1H2;;/q;;;+2/p-2. The van der Waals surface area contributed by atoms with Crippen LogP contribution >= 0.6 is 0 Å².